The van der Waals surface area contributed by atoms with Crippen LogP contribution in [-0.4, -0.2) is 40.9 Å². The van der Waals surface area contributed by atoms with Crippen molar-refractivity contribution in [2.75, 3.05) is 13.1 Å². The van der Waals surface area contributed by atoms with Crippen molar-refractivity contribution in [2.24, 2.45) is 0 Å². The zero-order valence-corrected chi connectivity index (χ0v) is 13.5. The Morgan fingerprint density at radius 3 is 2.59 bits per heavy atom. The van der Waals surface area contributed by atoms with E-state index in [2.05, 4.69) is 21.2 Å². The smallest absolute Gasteiger partial charge is 0.303 e. The second-order valence-corrected chi connectivity index (χ2v) is 6.00. The van der Waals surface area contributed by atoms with E-state index >= 15 is 0 Å². The summed E-state index contributed by atoms with van der Waals surface area (Å²) in [5, 5.41) is 11.4. The third-order valence-corrected chi connectivity index (χ3v) is 4.03. The van der Waals surface area contributed by atoms with Crippen molar-refractivity contribution in [3.8, 4) is 0 Å². The van der Waals surface area contributed by atoms with Crippen LogP contribution in [0.5, 0.6) is 0 Å². The van der Waals surface area contributed by atoms with Crippen LogP contribution in [0.15, 0.2) is 28.7 Å². The first-order chi connectivity index (χ1) is 10.5. The molecule has 2 N–H and O–H groups in total. The van der Waals surface area contributed by atoms with Gasteiger partial charge in [0.15, 0.2) is 0 Å². The molecule has 0 radical (unpaired) electrons. The number of nitrogens with one attached hydrogen (secondary N) is 1. The minimum Gasteiger partial charge on any atom is -0.481 e. The summed E-state index contributed by atoms with van der Waals surface area (Å²) in [7, 11) is 0. The van der Waals surface area contributed by atoms with Crippen LogP contribution in [0, 0.1) is 0 Å². The lowest BCUT2D eigenvalue weighted by molar-refractivity contribution is -0.144. The fourth-order valence-corrected chi connectivity index (χ4v) is 2.71. The number of amides is 2. The average molecular weight is 369 g/mol. The van der Waals surface area contributed by atoms with Crippen LogP contribution in [0.3, 0.4) is 0 Å². The summed E-state index contributed by atoms with van der Waals surface area (Å²) in [6.45, 7) is 0.842. The highest BCUT2D eigenvalue weighted by molar-refractivity contribution is 9.10. The summed E-state index contributed by atoms with van der Waals surface area (Å²) in [5.74, 6) is -1.32. The summed E-state index contributed by atoms with van der Waals surface area (Å²) in [6, 6.07) is 6.60. The molecule has 0 bridgehead atoms. The molecule has 2 rings (SSSR count). The van der Waals surface area contributed by atoms with E-state index in [1.807, 2.05) is 12.1 Å². The predicted octanol–water partition coefficient (Wildman–Crippen LogP) is 1.70. The summed E-state index contributed by atoms with van der Waals surface area (Å²) in [5.41, 5.74) is 0.743. The number of rotatable bonds is 5. The lowest BCUT2D eigenvalue weighted by atomic mass is 10.0. The molecule has 1 aromatic carbocycles. The molecule has 1 unspecified atom stereocenters. The standard InChI is InChI=1S/C15H17BrN2O4/c16-11-6-4-10(5-7-11)14-15(22)17-8-9-18(14)12(19)2-1-3-13(20)21/h4-7,14H,1-3,8-9H2,(H,17,22)(H,20,21). The maximum atomic E-state index is 12.3. The number of aliphatic carboxylic acids is 1. The predicted molar refractivity (Wildman–Crippen MR) is 83.1 cm³/mol. The Balaban J connectivity index is 2.12. The largest absolute Gasteiger partial charge is 0.481 e. The molecule has 1 heterocycles. The van der Waals surface area contributed by atoms with Gasteiger partial charge in [-0.15, -0.1) is 0 Å². The van der Waals surface area contributed by atoms with Crippen molar-refractivity contribution in [3.63, 3.8) is 0 Å². The molecule has 0 spiro atoms. The number of carboxylic acids is 1. The molecule has 1 aliphatic heterocycles. The van der Waals surface area contributed by atoms with Crippen LogP contribution in [-0.2, 0) is 14.4 Å². The molecule has 1 aliphatic rings. The first-order valence-electron chi connectivity index (χ1n) is 7.03. The van der Waals surface area contributed by atoms with Gasteiger partial charge >= 0.3 is 5.97 Å². The molecule has 7 heteroatoms. The molecular weight excluding hydrogens is 352 g/mol. The normalized spacial score (nSPS) is 18.0. The topological polar surface area (TPSA) is 86.7 Å². The Hall–Kier alpha value is -1.89. The van der Waals surface area contributed by atoms with E-state index in [-0.39, 0.29) is 31.1 Å². The highest BCUT2D eigenvalue weighted by Gasteiger charge is 2.33. The van der Waals surface area contributed by atoms with Gasteiger partial charge < -0.3 is 15.3 Å². The number of piperazine rings is 1. The van der Waals surface area contributed by atoms with Crippen molar-refractivity contribution in [2.45, 2.75) is 25.3 Å². The molecule has 0 aliphatic carbocycles. The third-order valence-electron chi connectivity index (χ3n) is 3.50. The Bertz CT molecular complexity index is 573. The first kappa shape index (κ1) is 16.5. The quantitative estimate of drug-likeness (QED) is 0.827. The molecule has 118 valence electrons. The molecule has 1 atom stereocenters. The number of carboxylic acid groups (broad SMARTS) is 1. The van der Waals surface area contributed by atoms with Crippen molar-refractivity contribution in [1.82, 2.24) is 10.2 Å². The van der Waals surface area contributed by atoms with Crippen LogP contribution in [0.4, 0.5) is 0 Å². The SMILES string of the molecule is O=C(O)CCCC(=O)N1CCNC(=O)C1c1ccc(Br)cc1. The summed E-state index contributed by atoms with van der Waals surface area (Å²) >= 11 is 3.34. The zero-order valence-electron chi connectivity index (χ0n) is 11.9. The Kier molecular flexibility index (Phi) is 5.54. The molecule has 2 amide bonds. The fourth-order valence-electron chi connectivity index (χ4n) is 2.45. The van der Waals surface area contributed by atoms with E-state index in [0.717, 1.165) is 10.0 Å². The Morgan fingerprint density at radius 2 is 1.95 bits per heavy atom. The van der Waals surface area contributed by atoms with E-state index in [1.165, 1.54) is 4.90 Å². The van der Waals surface area contributed by atoms with Gasteiger partial charge in [-0.3, -0.25) is 14.4 Å². The molecule has 1 aromatic rings. The fraction of sp³-hybridized carbons (Fsp3) is 0.400. The van der Waals surface area contributed by atoms with E-state index in [9.17, 15) is 14.4 Å². The highest BCUT2D eigenvalue weighted by atomic mass is 79.9. The van der Waals surface area contributed by atoms with E-state index in [1.54, 1.807) is 12.1 Å². The zero-order chi connectivity index (χ0) is 16.1. The van der Waals surface area contributed by atoms with Gasteiger partial charge in [-0.1, -0.05) is 28.1 Å². The number of nitrogens with zero attached hydrogens (tertiary/aromatic N) is 1. The third kappa shape index (κ3) is 4.07. The number of halogens is 1. The molecule has 6 nitrogen and oxygen atoms in total. The Morgan fingerprint density at radius 1 is 1.27 bits per heavy atom. The van der Waals surface area contributed by atoms with Crippen LogP contribution < -0.4 is 5.32 Å². The van der Waals surface area contributed by atoms with Gasteiger partial charge in [0, 0.05) is 30.4 Å². The Labute approximate surface area is 136 Å². The number of benzene rings is 1. The molecule has 1 fully saturated rings. The van der Waals surface area contributed by atoms with Gasteiger partial charge in [-0.25, -0.2) is 0 Å². The van der Waals surface area contributed by atoms with Gasteiger partial charge in [0.05, 0.1) is 0 Å². The second kappa shape index (κ2) is 7.40. The summed E-state index contributed by atoms with van der Waals surface area (Å²) in [6.07, 6.45) is 0.362. The molecule has 22 heavy (non-hydrogen) atoms. The van der Waals surface area contributed by atoms with E-state index < -0.39 is 12.0 Å². The summed E-state index contributed by atoms with van der Waals surface area (Å²) < 4.78 is 0.895. The number of carbonyl (C=O) groups excluding carboxylic acids is 2. The van der Waals surface area contributed by atoms with Crippen LogP contribution in [0.1, 0.15) is 30.9 Å². The number of hydrogen-bond acceptors (Lipinski definition) is 3. The molecular formula is C15H17BrN2O4. The monoisotopic (exact) mass is 368 g/mol. The van der Waals surface area contributed by atoms with Crippen LogP contribution >= 0.6 is 15.9 Å². The van der Waals surface area contributed by atoms with E-state index in [4.69, 9.17) is 5.11 Å². The molecule has 1 saturated heterocycles. The maximum Gasteiger partial charge on any atom is 0.303 e. The van der Waals surface area contributed by atoms with Gasteiger partial charge in [-0.2, -0.15) is 0 Å². The lowest BCUT2D eigenvalue weighted by Crippen LogP contribution is -2.52. The second-order valence-electron chi connectivity index (χ2n) is 5.08. The molecule has 0 aromatic heterocycles. The van der Waals surface area contributed by atoms with Gasteiger partial charge in [0.1, 0.15) is 6.04 Å². The van der Waals surface area contributed by atoms with Crippen LogP contribution in [0.25, 0.3) is 0 Å². The van der Waals surface area contributed by atoms with E-state index in [0.29, 0.717) is 13.1 Å². The number of hydrogen-bond donors (Lipinski definition) is 2. The van der Waals surface area contributed by atoms with Crippen molar-refractivity contribution in [1.29, 1.82) is 0 Å². The lowest BCUT2D eigenvalue weighted by Gasteiger charge is -2.35. The van der Waals surface area contributed by atoms with Gasteiger partial charge in [-0.05, 0) is 24.1 Å². The van der Waals surface area contributed by atoms with Gasteiger partial charge in [0.25, 0.3) is 0 Å². The minimum atomic E-state index is -0.923. The average Bonchev–Trinajstić information content (AvgIpc) is 2.47. The van der Waals surface area contributed by atoms with Gasteiger partial charge in [0.2, 0.25) is 11.8 Å². The minimum absolute atomic E-state index is 0.0469. The van der Waals surface area contributed by atoms with Crippen LogP contribution in [0.2, 0.25) is 0 Å². The maximum absolute atomic E-state index is 12.3. The highest BCUT2D eigenvalue weighted by Crippen LogP contribution is 2.25. The molecule has 0 saturated carbocycles. The number of carbonyl (C=O) groups is 3. The first-order valence-corrected chi connectivity index (χ1v) is 7.83. The van der Waals surface area contributed by atoms with Crippen molar-refractivity contribution in [3.05, 3.63) is 34.3 Å². The van der Waals surface area contributed by atoms with Crippen molar-refractivity contribution < 1.29 is 19.5 Å². The van der Waals surface area contributed by atoms with Crippen molar-refractivity contribution >= 4 is 33.7 Å². The summed E-state index contributed by atoms with van der Waals surface area (Å²) in [4.78, 5) is 36.6.